The topological polar surface area (TPSA) is 62.2 Å². The summed E-state index contributed by atoms with van der Waals surface area (Å²) in [6.07, 6.45) is 3.67. The predicted octanol–water partition coefficient (Wildman–Crippen LogP) is 3.00. The Morgan fingerprint density at radius 3 is 2.69 bits per heavy atom. The van der Waals surface area contributed by atoms with Crippen molar-refractivity contribution in [3.63, 3.8) is 0 Å². The Morgan fingerprint density at radius 2 is 1.97 bits per heavy atom. The van der Waals surface area contributed by atoms with E-state index in [1.807, 2.05) is 18.3 Å². The first-order valence-electron chi connectivity index (χ1n) is 10.4. The fraction of sp³-hybridized carbons (Fsp3) is 0.391. The van der Waals surface area contributed by atoms with Gasteiger partial charge in [-0.3, -0.25) is 4.79 Å². The highest BCUT2D eigenvalue weighted by molar-refractivity contribution is 5.97. The summed E-state index contributed by atoms with van der Waals surface area (Å²) < 4.78 is 2.07. The van der Waals surface area contributed by atoms with Crippen molar-refractivity contribution < 1.29 is 4.79 Å². The normalized spacial score (nSPS) is 15.4. The number of piperazine rings is 1. The molecule has 6 nitrogen and oxygen atoms in total. The maximum absolute atomic E-state index is 12.6. The lowest BCUT2D eigenvalue weighted by molar-refractivity contribution is 0.0951. The predicted molar refractivity (Wildman–Crippen MR) is 118 cm³/mol. The van der Waals surface area contributed by atoms with Gasteiger partial charge in [-0.15, -0.1) is 0 Å². The minimum atomic E-state index is -0.0760. The molecule has 0 spiro atoms. The zero-order chi connectivity index (χ0) is 20.2. The number of anilines is 1. The number of nitrogens with zero attached hydrogens (tertiary/aromatic N) is 3. The van der Waals surface area contributed by atoms with Gasteiger partial charge in [0.25, 0.3) is 5.91 Å². The number of amides is 1. The summed E-state index contributed by atoms with van der Waals surface area (Å²) in [5.74, 6) is 0.168. The molecule has 0 saturated carbocycles. The Labute approximate surface area is 171 Å². The number of nitrogens with one attached hydrogen (secondary N) is 2. The molecule has 1 fully saturated rings. The fourth-order valence-corrected chi connectivity index (χ4v) is 3.86. The van der Waals surface area contributed by atoms with Crippen molar-refractivity contribution in [3.8, 4) is 0 Å². The number of carbonyl (C=O) groups is 1. The number of hydrogen-bond acceptors (Lipinski definition) is 4. The molecule has 0 radical (unpaired) electrons. The molecule has 0 aliphatic carbocycles. The zero-order valence-electron chi connectivity index (χ0n) is 17.2. The third kappa shape index (κ3) is 4.27. The largest absolute Gasteiger partial charge is 0.369 e. The summed E-state index contributed by atoms with van der Waals surface area (Å²) in [5, 5.41) is 7.43. The van der Waals surface area contributed by atoms with Crippen molar-refractivity contribution in [1.29, 1.82) is 0 Å². The summed E-state index contributed by atoms with van der Waals surface area (Å²) in [7, 11) is 0. The van der Waals surface area contributed by atoms with Gasteiger partial charge < -0.3 is 20.1 Å². The van der Waals surface area contributed by atoms with E-state index in [2.05, 4.69) is 63.2 Å². The monoisotopic (exact) mass is 391 g/mol. The van der Waals surface area contributed by atoms with E-state index >= 15 is 0 Å². The molecular formula is C23H29N5O. The standard InChI is InChI=1S/C23H29N5O/c1-3-27-11-8-19-14-20(16-25-22(19)27)23(29)26-15-17(2)18-4-6-21(7-5-18)28-12-9-24-10-13-28/h4-8,11,14,16-17,24H,3,9-10,12-13,15H2,1-2H3,(H,26,29)/t17-/m1/s1. The van der Waals surface area contributed by atoms with Crippen molar-refractivity contribution in [2.75, 3.05) is 37.6 Å². The number of pyridine rings is 1. The quantitative estimate of drug-likeness (QED) is 0.678. The average molecular weight is 392 g/mol. The molecule has 3 heterocycles. The van der Waals surface area contributed by atoms with Crippen LogP contribution in [0.4, 0.5) is 5.69 Å². The van der Waals surface area contributed by atoms with E-state index in [9.17, 15) is 4.79 Å². The summed E-state index contributed by atoms with van der Waals surface area (Å²) in [6, 6.07) is 12.6. The molecular weight excluding hydrogens is 362 g/mol. The number of aryl methyl sites for hydroxylation is 1. The highest BCUT2D eigenvalue weighted by Crippen LogP contribution is 2.21. The van der Waals surface area contributed by atoms with E-state index < -0.39 is 0 Å². The van der Waals surface area contributed by atoms with Gasteiger partial charge in [0.2, 0.25) is 0 Å². The molecule has 3 aromatic rings. The molecule has 1 saturated heterocycles. The van der Waals surface area contributed by atoms with E-state index in [1.165, 1.54) is 11.3 Å². The Morgan fingerprint density at radius 1 is 1.21 bits per heavy atom. The second kappa shape index (κ2) is 8.66. The lowest BCUT2D eigenvalue weighted by Crippen LogP contribution is -2.43. The van der Waals surface area contributed by atoms with Crippen LogP contribution < -0.4 is 15.5 Å². The van der Waals surface area contributed by atoms with Crippen molar-refractivity contribution in [2.45, 2.75) is 26.3 Å². The lowest BCUT2D eigenvalue weighted by Gasteiger charge is -2.29. The third-order valence-corrected chi connectivity index (χ3v) is 5.72. The Balaban J connectivity index is 1.36. The zero-order valence-corrected chi connectivity index (χ0v) is 17.2. The maximum atomic E-state index is 12.6. The van der Waals surface area contributed by atoms with Crippen molar-refractivity contribution in [3.05, 3.63) is 59.9 Å². The number of rotatable bonds is 6. The average Bonchev–Trinajstić information content (AvgIpc) is 3.20. The first-order chi connectivity index (χ1) is 14.2. The van der Waals surface area contributed by atoms with Gasteiger partial charge in [-0.2, -0.15) is 0 Å². The van der Waals surface area contributed by atoms with Gasteiger partial charge in [0.15, 0.2) is 0 Å². The highest BCUT2D eigenvalue weighted by Gasteiger charge is 2.13. The molecule has 2 N–H and O–H groups in total. The van der Waals surface area contributed by atoms with Gasteiger partial charge in [0, 0.05) is 62.7 Å². The van der Waals surface area contributed by atoms with Crippen LogP contribution in [-0.4, -0.2) is 48.2 Å². The first kappa shape index (κ1) is 19.5. The van der Waals surface area contributed by atoms with Gasteiger partial charge in [-0.25, -0.2) is 4.98 Å². The molecule has 29 heavy (non-hydrogen) atoms. The van der Waals surface area contributed by atoms with E-state index in [0.29, 0.717) is 12.1 Å². The van der Waals surface area contributed by atoms with E-state index in [1.54, 1.807) is 6.20 Å². The molecule has 1 aromatic carbocycles. The highest BCUT2D eigenvalue weighted by atomic mass is 16.1. The van der Waals surface area contributed by atoms with Gasteiger partial charge >= 0.3 is 0 Å². The molecule has 4 rings (SSSR count). The SMILES string of the molecule is CCn1ccc2cc(C(=O)NC[C@@H](C)c3ccc(N4CCNCC4)cc3)cnc21. The Bertz CT molecular complexity index is 973. The number of hydrogen-bond donors (Lipinski definition) is 2. The molecule has 1 aliphatic heterocycles. The second-order valence-corrected chi connectivity index (χ2v) is 7.68. The third-order valence-electron chi connectivity index (χ3n) is 5.72. The summed E-state index contributed by atoms with van der Waals surface area (Å²) in [6.45, 7) is 9.85. The number of benzene rings is 1. The molecule has 1 amide bonds. The van der Waals surface area contributed by atoms with Gasteiger partial charge in [-0.1, -0.05) is 19.1 Å². The fourth-order valence-electron chi connectivity index (χ4n) is 3.86. The number of aromatic nitrogens is 2. The van der Waals surface area contributed by atoms with Crippen LogP contribution >= 0.6 is 0 Å². The molecule has 1 atom stereocenters. The Kier molecular flexibility index (Phi) is 5.81. The summed E-state index contributed by atoms with van der Waals surface area (Å²) >= 11 is 0. The van der Waals surface area contributed by atoms with Crippen LogP contribution in [0.2, 0.25) is 0 Å². The van der Waals surface area contributed by atoms with Crippen molar-refractivity contribution in [2.24, 2.45) is 0 Å². The van der Waals surface area contributed by atoms with Crippen LogP contribution in [0.25, 0.3) is 11.0 Å². The second-order valence-electron chi connectivity index (χ2n) is 7.68. The van der Waals surface area contributed by atoms with E-state index in [0.717, 1.165) is 43.8 Å². The van der Waals surface area contributed by atoms with Crippen LogP contribution in [-0.2, 0) is 6.54 Å². The molecule has 0 bridgehead atoms. The molecule has 152 valence electrons. The van der Waals surface area contributed by atoms with Crippen molar-refractivity contribution in [1.82, 2.24) is 20.2 Å². The minimum absolute atomic E-state index is 0.0760. The molecule has 2 aromatic heterocycles. The summed E-state index contributed by atoms with van der Waals surface area (Å²) in [4.78, 5) is 19.5. The van der Waals surface area contributed by atoms with E-state index in [-0.39, 0.29) is 11.8 Å². The van der Waals surface area contributed by atoms with Gasteiger partial charge in [0.1, 0.15) is 5.65 Å². The van der Waals surface area contributed by atoms with Gasteiger partial charge in [-0.05, 0) is 42.7 Å². The van der Waals surface area contributed by atoms with Crippen LogP contribution in [0.1, 0.15) is 35.7 Å². The molecule has 6 heteroatoms. The lowest BCUT2D eigenvalue weighted by atomic mass is 10.0. The molecule has 1 aliphatic rings. The van der Waals surface area contributed by atoms with Crippen molar-refractivity contribution >= 4 is 22.6 Å². The number of carbonyl (C=O) groups excluding carboxylic acids is 1. The van der Waals surface area contributed by atoms with Gasteiger partial charge in [0.05, 0.1) is 5.56 Å². The minimum Gasteiger partial charge on any atom is -0.369 e. The smallest absolute Gasteiger partial charge is 0.252 e. The van der Waals surface area contributed by atoms with E-state index in [4.69, 9.17) is 0 Å². The van der Waals surface area contributed by atoms with Crippen LogP contribution in [0.5, 0.6) is 0 Å². The maximum Gasteiger partial charge on any atom is 0.252 e. The van der Waals surface area contributed by atoms with Crippen LogP contribution in [0, 0.1) is 0 Å². The number of fused-ring (bicyclic) bond motifs is 1. The first-order valence-corrected chi connectivity index (χ1v) is 10.4. The Hall–Kier alpha value is -2.86. The summed E-state index contributed by atoms with van der Waals surface area (Å²) in [5.41, 5.74) is 4.03. The van der Waals surface area contributed by atoms with Crippen LogP contribution in [0.3, 0.4) is 0 Å². The molecule has 0 unspecified atom stereocenters. The van der Waals surface area contributed by atoms with Crippen LogP contribution in [0.15, 0.2) is 48.8 Å².